The van der Waals surface area contributed by atoms with Gasteiger partial charge in [-0.3, -0.25) is 9.78 Å². The van der Waals surface area contributed by atoms with Gasteiger partial charge in [0.25, 0.3) is 5.56 Å². The van der Waals surface area contributed by atoms with E-state index >= 15 is 0 Å². The fourth-order valence-electron chi connectivity index (χ4n) is 5.12. The third kappa shape index (κ3) is 7.17. The number of ether oxygens (including phenoxy) is 1. The largest absolute Gasteiger partial charge is 0.494 e. The summed E-state index contributed by atoms with van der Waals surface area (Å²) in [4.78, 5) is 18.8. The molecule has 0 saturated heterocycles. The van der Waals surface area contributed by atoms with Crippen molar-refractivity contribution in [2.24, 2.45) is 13.0 Å². The van der Waals surface area contributed by atoms with Gasteiger partial charge < -0.3 is 14.2 Å². The predicted octanol–water partition coefficient (Wildman–Crippen LogP) is 5.61. The lowest BCUT2D eigenvalue weighted by Crippen LogP contribution is -2.33. The van der Waals surface area contributed by atoms with Gasteiger partial charge in [-0.25, -0.2) is 0 Å². The molecule has 3 aromatic rings. The maximum Gasteiger partial charge on any atom is 0.250 e. The topological polar surface area (TPSA) is 47.4 Å². The monoisotopic (exact) mass is 461 g/mol. The van der Waals surface area contributed by atoms with E-state index in [-0.39, 0.29) is 5.56 Å². The van der Waals surface area contributed by atoms with Crippen LogP contribution < -0.4 is 10.3 Å². The van der Waals surface area contributed by atoms with Gasteiger partial charge in [-0.1, -0.05) is 25.3 Å². The minimum atomic E-state index is 0.0131. The Hall–Kier alpha value is -2.66. The van der Waals surface area contributed by atoms with E-state index in [2.05, 4.69) is 16.0 Å². The standard InChI is InChI=1S/C29H39N3O2/c1-31-28-14-13-27(21-26(28)12-15-29(31)33)34-20-7-3-6-18-32(23-25-9-4-2-5-10-25)19-16-24-11-8-17-30-22-24/h8,11-15,17,21-22,25H,2-7,9-10,16,18-20,23H2,1H3. The van der Waals surface area contributed by atoms with Crippen LogP contribution in [0.3, 0.4) is 0 Å². The first-order valence-electron chi connectivity index (χ1n) is 13.0. The van der Waals surface area contributed by atoms with Gasteiger partial charge in [-0.15, -0.1) is 0 Å². The van der Waals surface area contributed by atoms with Crippen molar-refractivity contribution in [2.45, 2.75) is 57.8 Å². The van der Waals surface area contributed by atoms with Crippen molar-refractivity contribution < 1.29 is 4.74 Å². The average molecular weight is 462 g/mol. The molecule has 0 radical (unpaired) electrons. The molecule has 1 aliphatic carbocycles. The lowest BCUT2D eigenvalue weighted by molar-refractivity contribution is 0.197. The van der Waals surface area contributed by atoms with Crippen molar-refractivity contribution >= 4 is 10.9 Å². The number of unbranched alkanes of at least 4 members (excludes halogenated alkanes) is 2. The number of benzene rings is 1. The highest BCUT2D eigenvalue weighted by molar-refractivity contribution is 5.80. The average Bonchev–Trinajstić information content (AvgIpc) is 2.88. The molecule has 34 heavy (non-hydrogen) atoms. The van der Waals surface area contributed by atoms with Gasteiger partial charge in [0, 0.05) is 44.0 Å². The summed E-state index contributed by atoms with van der Waals surface area (Å²) in [6, 6.07) is 13.7. The maximum atomic E-state index is 11.8. The van der Waals surface area contributed by atoms with E-state index in [9.17, 15) is 4.79 Å². The molecule has 1 aliphatic rings. The van der Waals surface area contributed by atoms with E-state index < -0.39 is 0 Å². The normalized spacial score (nSPS) is 14.6. The second-order valence-electron chi connectivity index (χ2n) is 9.78. The number of hydrogen-bond acceptors (Lipinski definition) is 4. The zero-order valence-electron chi connectivity index (χ0n) is 20.6. The summed E-state index contributed by atoms with van der Waals surface area (Å²) >= 11 is 0. The first kappa shape index (κ1) is 24.5. The number of hydrogen-bond donors (Lipinski definition) is 0. The number of nitrogens with zero attached hydrogens (tertiary/aromatic N) is 3. The van der Waals surface area contributed by atoms with Gasteiger partial charge in [-0.05, 0) is 86.9 Å². The first-order valence-corrected chi connectivity index (χ1v) is 13.0. The molecule has 0 bridgehead atoms. The Labute approximate surface area is 203 Å². The minimum absolute atomic E-state index is 0.0131. The van der Waals surface area contributed by atoms with Gasteiger partial charge in [-0.2, -0.15) is 0 Å². The minimum Gasteiger partial charge on any atom is -0.494 e. The molecule has 0 aliphatic heterocycles. The Morgan fingerprint density at radius 3 is 2.74 bits per heavy atom. The molecule has 0 amide bonds. The number of fused-ring (bicyclic) bond motifs is 1. The van der Waals surface area contributed by atoms with E-state index in [1.54, 1.807) is 17.7 Å². The zero-order valence-corrected chi connectivity index (χ0v) is 20.6. The van der Waals surface area contributed by atoms with Gasteiger partial charge in [0.15, 0.2) is 0 Å². The highest BCUT2D eigenvalue weighted by atomic mass is 16.5. The Morgan fingerprint density at radius 1 is 1.03 bits per heavy atom. The fraction of sp³-hybridized carbons (Fsp3) is 0.517. The number of aromatic nitrogens is 2. The second kappa shape index (κ2) is 12.7. The summed E-state index contributed by atoms with van der Waals surface area (Å²) in [5.74, 6) is 1.75. The summed E-state index contributed by atoms with van der Waals surface area (Å²) in [6.45, 7) is 4.27. The quantitative estimate of drug-likeness (QED) is 0.329. The Kier molecular flexibility index (Phi) is 9.14. The summed E-state index contributed by atoms with van der Waals surface area (Å²) < 4.78 is 7.68. The highest BCUT2D eigenvalue weighted by Gasteiger charge is 2.17. The molecule has 5 nitrogen and oxygen atoms in total. The molecule has 182 valence electrons. The van der Waals surface area contributed by atoms with Crippen LogP contribution in [0, 0.1) is 5.92 Å². The van der Waals surface area contributed by atoms with Gasteiger partial charge in [0.05, 0.1) is 12.1 Å². The number of rotatable bonds is 12. The molecule has 5 heteroatoms. The molecular weight excluding hydrogens is 422 g/mol. The first-order chi connectivity index (χ1) is 16.7. The number of pyridine rings is 2. The van der Waals surface area contributed by atoms with Crippen molar-refractivity contribution in [1.82, 2.24) is 14.5 Å². The molecule has 0 atom stereocenters. The molecule has 2 heterocycles. The molecule has 1 aromatic carbocycles. The predicted molar refractivity (Wildman–Crippen MR) is 139 cm³/mol. The zero-order chi connectivity index (χ0) is 23.6. The van der Waals surface area contributed by atoms with Crippen LogP contribution in [0.5, 0.6) is 5.75 Å². The van der Waals surface area contributed by atoms with Crippen LogP contribution in [-0.4, -0.2) is 40.7 Å². The van der Waals surface area contributed by atoms with Crippen molar-refractivity contribution in [2.75, 3.05) is 26.2 Å². The summed E-state index contributed by atoms with van der Waals surface area (Å²) in [5, 5.41) is 1.03. The smallest absolute Gasteiger partial charge is 0.250 e. The molecule has 0 spiro atoms. The highest BCUT2D eigenvalue weighted by Crippen LogP contribution is 2.25. The van der Waals surface area contributed by atoms with E-state index in [1.807, 2.05) is 42.7 Å². The van der Waals surface area contributed by atoms with E-state index in [0.717, 1.165) is 48.6 Å². The fourth-order valence-corrected chi connectivity index (χ4v) is 5.12. The molecule has 1 fully saturated rings. The van der Waals surface area contributed by atoms with E-state index in [4.69, 9.17) is 4.74 Å². The van der Waals surface area contributed by atoms with Crippen LogP contribution in [0.1, 0.15) is 56.9 Å². The van der Waals surface area contributed by atoms with Crippen LogP contribution in [0.25, 0.3) is 10.9 Å². The Bertz CT molecular complexity index is 1070. The van der Waals surface area contributed by atoms with Crippen molar-refractivity contribution in [3.8, 4) is 5.75 Å². The van der Waals surface area contributed by atoms with E-state index in [0.29, 0.717) is 0 Å². The molecule has 4 rings (SSSR count). The van der Waals surface area contributed by atoms with Gasteiger partial charge in [0.2, 0.25) is 0 Å². The van der Waals surface area contributed by atoms with Gasteiger partial charge >= 0.3 is 0 Å². The molecular formula is C29H39N3O2. The summed E-state index contributed by atoms with van der Waals surface area (Å²) in [7, 11) is 1.81. The van der Waals surface area contributed by atoms with Crippen LogP contribution in [0.2, 0.25) is 0 Å². The maximum absolute atomic E-state index is 11.8. The molecule has 1 saturated carbocycles. The van der Waals surface area contributed by atoms with Crippen molar-refractivity contribution in [1.29, 1.82) is 0 Å². The number of aryl methyl sites for hydroxylation is 1. The summed E-state index contributed by atoms with van der Waals surface area (Å²) in [6.07, 6.45) is 15.4. The van der Waals surface area contributed by atoms with Crippen LogP contribution in [0.4, 0.5) is 0 Å². The third-order valence-electron chi connectivity index (χ3n) is 7.16. The Morgan fingerprint density at radius 2 is 1.91 bits per heavy atom. The molecule has 0 N–H and O–H groups in total. The summed E-state index contributed by atoms with van der Waals surface area (Å²) in [5.41, 5.74) is 2.28. The van der Waals surface area contributed by atoms with Gasteiger partial charge in [0.1, 0.15) is 5.75 Å². The lowest BCUT2D eigenvalue weighted by atomic mass is 9.89. The Balaban J connectivity index is 1.20. The van der Waals surface area contributed by atoms with Crippen LogP contribution >= 0.6 is 0 Å². The van der Waals surface area contributed by atoms with Crippen LogP contribution in [0.15, 0.2) is 59.7 Å². The lowest BCUT2D eigenvalue weighted by Gasteiger charge is -2.30. The van der Waals surface area contributed by atoms with E-state index in [1.165, 1.54) is 63.6 Å². The SMILES string of the molecule is Cn1c(=O)ccc2cc(OCCCCCN(CCc3cccnc3)CC3CCCCC3)ccc21. The van der Waals surface area contributed by atoms with Crippen molar-refractivity contribution in [3.63, 3.8) is 0 Å². The molecule has 2 aromatic heterocycles. The van der Waals surface area contributed by atoms with Crippen LogP contribution in [-0.2, 0) is 13.5 Å². The molecule has 0 unspecified atom stereocenters. The third-order valence-corrected chi connectivity index (χ3v) is 7.16. The second-order valence-corrected chi connectivity index (χ2v) is 9.78. The van der Waals surface area contributed by atoms with Crippen molar-refractivity contribution in [3.05, 3.63) is 70.8 Å².